The molecule has 4 rings (SSSR count). The van der Waals surface area contributed by atoms with Gasteiger partial charge in [-0.1, -0.05) is 12.8 Å². The normalized spacial score (nSPS) is 15.8. The van der Waals surface area contributed by atoms with Gasteiger partial charge in [0.1, 0.15) is 5.82 Å². The molecule has 0 radical (unpaired) electrons. The predicted octanol–water partition coefficient (Wildman–Crippen LogP) is 1.44. The van der Waals surface area contributed by atoms with Crippen LogP contribution in [-0.2, 0) is 6.54 Å². The molecule has 1 saturated carbocycles. The molecule has 8 heteroatoms. The van der Waals surface area contributed by atoms with Gasteiger partial charge in [-0.3, -0.25) is 4.68 Å². The number of rotatable bonds is 4. The van der Waals surface area contributed by atoms with Gasteiger partial charge in [-0.05, 0) is 41.5 Å². The summed E-state index contributed by atoms with van der Waals surface area (Å²) in [7, 11) is 0. The van der Waals surface area contributed by atoms with Crippen molar-refractivity contribution in [3.63, 3.8) is 0 Å². The standard InChI is InChI=1S/C13H16N8/c1-2-4-11(3-1)20-8-7-10(16-20)9-14-12-5-6-13-15-18-19-21(13)17-12/h5-8,11H,1-4,9H2,(H,14,17). The zero-order valence-electron chi connectivity index (χ0n) is 11.6. The third kappa shape index (κ3) is 2.44. The molecule has 0 aliphatic heterocycles. The average molecular weight is 284 g/mol. The third-order valence-electron chi connectivity index (χ3n) is 3.88. The minimum atomic E-state index is 0.578. The molecule has 0 bridgehead atoms. The summed E-state index contributed by atoms with van der Waals surface area (Å²) >= 11 is 0. The van der Waals surface area contributed by atoms with Gasteiger partial charge in [-0.2, -0.15) is 5.10 Å². The summed E-state index contributed by atoms with van der Waals surface area (Å²) in [4.78, 5) is 0. The van der Waals surface area contributed by atoms with Crippen molar-refractivity contribution in [3.05, 3.63) is 30.1 Å². The largest absolute Gasteiger partial charge is 0.363 e. The molecular formula is C13H16N8. The maximum Gasteiger partial charge on any atom is 0.200 e. The second-order valence-corrected chi connectivity index (χ2v) is 5.32. The van der Waals surface area contributed by atoms with E-state index in [2.05, 4.69) is 48.0 Å². The molecule has 1 aliphatic rings. The smallest absolute Gasteiger partial charge is 0.200 e. The van der Waals surface area contributed by atoms with Crippen molar-refractivity contribution in [3.8, 4) is 0 Å². The van der Waals surface area contributed by atoms with Crippen molar-refractivity contribution in [2.75, 3.05) is 5.32 Å². The maximum atomic E-state index is 4.64. The van der Waals surface area contributed by atoms with Crippen LogP contribution < -0.4 is 5.32 Å². The summed E-state index contributed by atoms with van der Waals surface area (Å²) in [5.41, 5.74) is 1.64. The van der Waals surface area contributed by atoms with Crippen LogP contribution in [0.3, 0.4) is 0 Å². The van der Waals surface area contributed by atoms with Gasteiger partial charge in [-0.15, -0.1) is 14.8 Å². The summed E-state index contributed by atoms with van der Waals surface area (Å²) in [6.07, 6.45) is 7.19. The molecule has 0 aromatic carbocycles. The Morgan fingerprint density at radius 3 is 2.95 bits per heavy atom. The zero-order chi connectivity index (χ0) is 14.1. The van der Waals surface area contributed by atoms with Crippen LogP contribution in [-0.4, -0.2) is 35.0 Å². The molecule has 0 unspecified atom stereocenters. The Labute approximate surface area is 121 Å². The van der Waals surface area contributed by atoms with Crippen molar-refractivity contribution >= 4 is 11.5 Å². The van der Waals surface area contributed by atoms with E-state index in [-0.39, 0.29) is 0 Å². The molecule has 0 amide bonds. The number of anilines is 1. The van der Waals surface area contributed by atoms with Gasteiger partial charge in [0, 0.05) is 6.20 Å². The molecule has 0 spiro atoms. The minimum Gasteiger partial charge on any atom is -0.363 e. The van der Waals surface area contributed by atoms with Crippen LogP contribution in [0.2, 0.25) is 0 Å². The SMILES string of the molecule is c1cn(C2CCCC2)nc1CNc1ccc2nnnn2n1. The van der Waals surface area contributed by atoms with Crippen LogP contribution in [0.25, 0.3) is 5.65 Å². The lowest BCUT2D eigenvalue weighted by atomic mass is 10.3. The first kappa shape index (κ1) is 12.2. The number of aromatic nitrogens is 7. The van der Waals surface area contributed by atoms with E-state index in [1.165, 1.54) is 30.3 Å². The first-order chi connectivity index (χ1) is 10.4. The molecule has 3 aromatic heterocycles. The van der Waals surface area contributed by atoms with E-state index in [9.17, 15) is 0 Å². The summed E-state index contributed by atoms with van der Waals surface area (Å²) in [5.74, 6) is 0.727. The van der Waals surface area contributed by atoms with Crippen LogP contribution in [0, 0.1) is 0 Å². The van der Waals surface area contributed by atoms with Gasteiger partial charge in [-0.25, -0.2) is 0 Å². The zero-order valence-corrected chi connectivity index (χ0v) is 11.6. The fraction of sp³-hybridized carbons (Fsp3) is 0.462. The van der Waals surface area contributed by atoms with Crippen molar-refractivity contribution in [2.45, 2.75) is 38.3 Å². The Morgan fingerprint density at radius 1 is 1.14 bits per heavy atom. The van der Waals surface area contributed by atoms with Crippen molar-refractivity contribution < 1.29 is 0 Å². The van der Waals surface area contributed by atoms with Crippen LogP contribution in [0.1, 0.15) is 37.4 Å². The second kappa shape index (κ2) is 5.12. The molecule has 3 aromatic rings. The number of fused-ring (bicyclic) bond motifs is 1. The van der Waals surface area contributed by atoms with E-state index in [4.69, 9.17) is 0 Å². The summed E-state index contributed by atoms with van der Waals surface area (Å²) in [6.45, 7) is 0.639. The lowest BCUT2D eigenvalue weighted by Gasteiger charge is -2.09. The number of nitrogens with zero attached hydrogens (tertiary/aromatic N) is 7. The van der Waals surface area contributed by atoms with E-state index < -0.39 is 0 Å². The van der Waals surface area contributed by atoms with Gasteiger partial charge in [0.05, 0.1) is 18.3 Å². The number of tetrazole rings is 1. The van der Waals surface area contributed by atoms with E-state index in [1.807, 2.05) is 12.1 Å². The van der Waals surface area contributed by atoms with Crippen molar-refractivity contribution in [1.82, 2.24) is 35.0 Å². The molecule has 8 nitrogen and oxygen atoms in total. The van der Waals surface area contributed by atoms with Crippen LogP contribution in [0.15, 0.2) is 24.4 Å². The van der Waals surface area contributed by atoms with Gasteiger partial charge in [0.15, 0.2) is 5.65 Å². The number of hydrogen-bond acceptors (Lipinski definition) is 6. The number of nitrogens with one attached hydrogen (secondary N) is 1. The van der Waals surface area contributed by atoms with Gasteiger partial charge >= 0.3 is 0 Å². The highest BCUT2D eigenvalue weighted by Gasteiger charge is 2.17. The van der Waals surface area contributed by atoms with Crippen molar-refractivity contribution in [2.24, 2.45) is 0 Å². The molecule has 21 heavy (non-hydrogen) atoms. The molecule has 0 atom stereocenters. The van der Waals surface area contributed by atoms with E-state index in [0.29, 0.717) is 18.2 Å². The van der Waals surface area contributed by atoms with E-state index in [1.54, 1.807) is 0 Å². The minimum absolute atomic E-state index is 0.578. The highest BCUT2D eigenvalue weighted by molar-refractivity contribution is 5.42. The highest BCUT2D eigenvalue weighted by Crippen LogP contribution is 2.28. The lowest BCUT2D eigenvalue weighted by Crippen LogP contribution is -2.08. The summed E-state index contributed by atoms with van der Waals surface area (Å²) in [6, 6.07) is 6.32. The van der Waals surface area contributed by atoms with Crippen LogP contribution >= 0.6 is 0 Å². The van der Waals surface area contributed by atoms with Gasteiger partial charge in [0.25, 0.3) is 0 Å². The monoisotopic (exact) mass is 284 g/mol. The Balaban J connectivity index is 1.43. The summed E-state index contributed by atoms with van der Waals surface area (Å²) < 4.78 is 3.50. The Bertz CT molecular complexity index is 739. The second-order valence-electron chi connectivity index (χ2n) is 5.32. The van der Waals surface area contributed by atoms with Gasteiger partial charge < -0.3 is 5.32 Å². The van der Waals surface area contributed by atoms with E-state index in [0.717, 1.165) is 11.5 Å². The Morgan fingerprint density at radius 2 is 2.05 bits per heavy atom. The molecule has 0 saturated heterocycles. The van der Waals surface area contributed by atoms with Gasteiger partial charge in [0.2, 0.25) is 0 Å². The maximum absolute atomic E-state index is 4.64. The fourth-order valence-electron chi connectivity index (χ4n) is 2.77. The summed E-state index contributed by atoms with van der Waals surface area (Å²) in [5, 5.41) is 23.3. The van der Waals surface area contributed by atoms with Crippen LogP contribution in [0.4, 0.5) is 5.82 Å². The lowest BCUT2D eigenvalue weighted by molar-refractivity contribution is 0.463. The first-order valence-electron chi connectivity index (χ1n) is 7.22. The Hall–Kier alpha value is -2.51. The third-order valence-corrected chi connectivity index (χ3v) is 3.88. The van der Waals surface area contributed by atoms with E-state index >= 15 is 0 Å². The van der Waals surface area contributed by atoms with Crippen LogP contribution in [0.5, 0.6) is 0 Å². The quantitative estimate of drug-likeness (QED) is 0.780. The molecular weight excluding hydrogens is 268 g/mol. The molecule has 1 fully saturated rings. The fourth-order valence-corrected chi connectivity index (χ4v) is 2.77. The van der Waals surface area contributed by atoms with Crippen molar-refractivity contribution in [1.29, 1.82) is 0 Å². The topological polar surface area (TPSA) is 85.8 Å². The average Bonchev–Trinajstić information content (AvgIpc) is 3.24. The molecule has 1 aliphatic carbocycles. The molecule has 1 N–H and O–H groups in total. The molecule has 3 heterocycles. The number of hydrogen-bond donors (Lipinski definition) is 1. The predicted molar refractivity (Wildman–Crippen MR) is 75.6 cm³/mol. The highest BCUT2D eigenvalue weighted by atomic mass is 15.6. The Kier molecular flexibility index (Phi) is 2.98. The first-order valence-corrected chi connectivity index (χ1v) is 7.22. The molecule has 108 valence electrons.